The van der Waals surface area contributed by atoms with Gasteiger partial charge in [0.15, 0.2) is 0 Å². The van der Waals surface area contributed by atoms with Crippen LogP contribution in [-0.4, -0.2) is 27.2 Å². The molecule has 1 aliphatic rings. The van der Waals surface area contributed by atoms with Crippen molar-refractivity contribution in [3.05, 3.63) is 30.2 Å². The van der Waals surface area contributed by atoms with Gasteiger partial charge in [-0.05, 0) is 37.8 Å². The standard InChI is InChI=1S/C16H20N4O2/c1-2-22-16-19-14(12-4-3-9-18-10-12)13(20(16)15(17)21)8-7-11-5-6-11/h3-4,9-11H,2,5-8H2,1H3,(H2,17,21). The predicted molar refractivity (Wildman–Crippen MR) is 82.7 cm³/mol. The summed E-state index contributed by atoms with van der Waals surface area (Å²) >= 11 is 0. The number of imidazole rings is 1. The van der Waals surface area contributed by atoms with Gasteiger partial charge in [-0.3, -0.25) is 4.98 Å². The number of ether oxygens (including phenoxy) is 1. The van der Waals surface area contributed by atoms with Gasteiger partial charge in [-0.15, -0.1) is 0 Å². The summed E-state index contributed by atoms with van der Waals surface area (Å²) in [5.41, 5.74) is 7.97. The Morgan fingerprint density at radius 1 is 1.50 bits per heavy atom. The average Bonchev–Trinajstić information content (AvgIpc) is 3.27. The Morgan fingerprint density at radius 2 is 2.32 bits per heavy atom. The molecule has 0 unspecified atom stereocenters. The van der Waals surface area contributed by atoms with E-state index < -0.39 is 6.03 Å². The van der Waals surface area contributed by atoms with Crippen molar-refractivity contribution in [1.29, 1.82) is 0 Å². The first-order chi connectivity index (χ1) is 10.7. The van der Waals surface area contributed by atoms with Crippen molar-refractivity contribution in [1.82, 2.24) is 14.5 Å². The molecule has 6 nitrogen and oxygen atoms in total. The van der Waals surface area contributed by atoms with Crippen LogP contribution in [0.4, 0.5) is 4.79 Å². The van der Waals surface area contributed by atoms with Crippen LogP contribution in [0, 0.1) is 5.92 Å². The number of nitrogens with two attached hydrogens (primary N) is 1. The molecule has 0 atom stereocenters. The Bertz CT molecular complexity index is 662. The number of pyridine rings is 1. The molecule has 0 bridgehead atoms. The van der Waals surface area contributed by atoms with Gasteiger partial charge in [0.05, 0.1) is 18.0 Å². The molecule has 1 fully saturated rings. The van der Waals surface area contributed by atoms with E-state index in [2.05, 4.69) is 9.97 Å². The summed E-state index contributed by atoms with van der Waals surface area (Å²) in [6.07, 6.45) is 7.79. The van der Waals surface area contributed by atoms with Gasteiger partial charge < -0.3 is 10.5 Å². The van der Waals surface area contributed by atoms with E-state index in [1.165, 1.54) is 17.4 Å². The van der Waals surface area contributed by atoms with Gasteiger partial charge >= 0.3 is 12.0 Å². The lowest BCUT2D eigenvalue weighted by Gasteiger charge is -2.08. The molecule has 1 amide bonds. The topological polar surface area (TPSA) is 83.0 Å². The molecule has 1 aliphatic carbocycles. The minimum atomic E-state index is -0.558. The molecule has 1 saturated carbocycles. The van der Waals surface area contributed by atoms with E-state index in [0.29, 0.717) is 6.61 Å². The fraction of sp³-hybridized carbons (Fsp3) is 0.438. The monoisotopic (exact) mass is 300 g/mol. The highest BCUT2D eigenvalue weighted by Crippen LogP contribution is 2.36. The second kappa shape index (κ2) is 6.17. The fourth-order valence-corrected chi connectivity index (χ4v) is 2.60. The molecule has 2 N–H and O–H groups in total. The average molecular weight is 300 g/mol. The quantitative estimate of drug-likeness (QED) is 0.889. The third kappa shape index (κ3) is 2.95. The molecule has 22 heavy (non-hydrogen) atoms. The number of hydrogen-bond donors (Lipinski definition) is 1. The molecule has 0 radical (unpaired) electrons. The van der Waals surface area contributed by atoms with E-state index >= 15 is 0 Å². The van der Waals surface area contributed by atoms with Gasteiger partial charge in [0.1, 0.15) is 0 Å². The summed E-state index contributed by atoms with van der Waals surface area (Å²) in [4.78, 5) is 20.5. The van der Waals surface area contributed by atoms with Gasteiger partial charge in [0.25, 0.3) is 0 Å². The lowest BCUT2D eigenvalue weighted by Crippen LogP contribution is -2.23. The maximum Gasteiger partial charge on any atom is 0.327 e. The van der Waals surface area contributed by atoms with Crippen molar-refractivity contribution in [2.45, 2.75) is 32.6 Å². The van der Waals surface area contributed by atoms with Crippen LogP contribution >= 0.6 is 0 Å². The van der Waals surface area contributed by atoms with Crippen molar-refractivity contribution in [2.75, 3.05) is 6.61 Å². The van der Waals surface area contributed by atoms with Gasteiger partial charge in [-0.2, -0.15) is 4.98 Å². The van der Waals surface area contributed by atoms with E-state index in [-0.39, 0.29) is 6.01 Å². The van der Waals surface area contributed by atoms with Gasteiger partial charge in [-0.25, -0.2) is 9.36 Å². The molecule has 2 aromatic heterocycles. The van der Waals surface area contributed by atoms with Crippen LogP contribution in [0.5, 0.6) is 6.01 Å². The van der Waals surface area contributed by atoms with Crippen molar-refractivity contribution in [3.63, 3.8) is 0 Å². The maximum absolute atomic E-state index is 11.9. The first kappa shape index (κ1) is 14.6. The Hall–Kier alpha value is -2.37. The van der Waals surface area contributed by atoms with Crippen LogP contribution in [0.2, 0.25) is 0 Å². The van der Waals surface area contributed by atoms with Crippen molar-refractivity contribution >= 4 is 6.03 Å². The number of carbonyl (C=O) groups is 1. The van der Waals surface area contributed by atoms with Gasteiger partial charge in [0.2, 0.25) is 0 Å². The zero-order valence-electron chi connectivity index (χ0n) is 12.7. The Balaban J connectivity index is 2.05. The third-order valence-corrected chi connectivity index (χ3v) is 3.86. The van der Waals surface area contributed by atoms with E-state index in [4.69, 9.17) is 10.5 Å². The molecule has 0 aliphatic heterocycles. The molecule has 2 aromatic rings. The summed E-state index contributed by atoms with van der Waals surface area (Å²) in [6.45, 7) is 2.28. The highest BCUT2D eigenvalue weighted by Gasteiger charge is 2.26. The summed E-state index contributed by atoms with van der Waals surface area (Å²) in [7, 11) is 0. The molecule has 2 heterocycles. The number of rotatable bonds is 6. The summed E-state index contributed by atoms with van der Waals surface area (Å²) in [6, 6.07) is 3.48. The molecule has 116 valence electrons. The van der Waals surface area contributed by atoms with E-state index in [0.717, 1.165) is 35.7 Å². The predicted octanol–water partition coefficient (Wildman–Crippen LogP) is 2.61. The molecular formula is C16H20N4O2. The number of carbonyl (C=O) groups excluding carboxylic acids is 1. The van der Waals surface area contributed by atoms with Crippen molar-refractivity contribution in [3.8, 4) is 17.3 Å². The maximum atomic E-state index is 11.9. The summed E-state index contributed by atoms with van der Waals surface area (Å²) < 4.78 is 6.89. The normalized spacial score (nSPS) is 14.0. The lowest BCUT2D eigenvalue weighted by molar-refractivity contribution is 0.241. The first-order valence-corrected chi connectivity index (χ1v) is 7.65. The number of hydrogen-bond acceptors (Lipinski definition) is 4. The highest BCUT2D eigenvalue weighted by atomic mass is 16.5. The van der Waals surface area contributed by atoms with Gasteiger partial charge in [0, 0.05) is 18.0 Å². The Labute approximate surface area is 129 Å². The number of aromatic nitrogens is 3. The van der Waals surface area contributed by atoms with Crippen LogP contribution in [0.1, 0.15) is 31.9 Å². The summed E-state index contributed by atoms with van der Waals surface area (Å²) in [5.74, 6) is 0.758. The molecule has 3 rings (SSSR count). The van der Waals surface area contributed by atoms with E-state index in [1.54, 1.807) is 12.4 Å². The van der Waals surface area contributed by atoms with E-state index in [1.807, 2.05) is 19.1 Å². The van der Waals surface area contributed by atoms with Crippen LogP contribution < -0.4 is 10.5 Å². The zero-order chi connectivity index (χ0) is 15.5. The minimum Gasteiger partial charge on any atom is -0.465 e. The SMILES string of the molecule is CCOc1nc(-c2cccnc2)c(CCC2CC2)n1C(N)=O. The largest absolute Gasteiger partial charge is 0.465 e. The summed E-state index contributed by atoms with van der Waals surface area (Å²) in [5, 5.41) is 0. The van der Waals surface area contributed by atoms with Crippen LogP contribution in [0.25, 0.3) is 11.3 Å². The Morgan fingerprint density at radius 3 is 2.91 bits per heavy atom. The van der Waals surface area contributed by atoms with Crippen LogP contribution in [0.3, 0.4) is 0 Å². The number of nitrogens with zero attached hydrogens (tertiary/aromatic N) is 3. The first-order valence-electron chi connectivity index (χ1n) is 7.65. The molecular weight excluding hydrogens is 280 g/mol. The smallest absolute Gasteiger partial charge is 0.327 e. The van der Waals surface area contributed by atoms with Crippen molar-refractivity contribution in [2.24, 2.45) is 11.7 Å². The van der Waals surface area contributed by atoms with Crippen molar-refractivity contribution < 1.29 is 9.53 Å². The third-order valence-electron chi connectivity index (χ3n) is 3.86. The van der Waals surface area contributed by atoms with Gasteiger partial charge in [-0.1, -0.05) is 12.8 Å². The fourth-order valence-electron chi connectivity index (χ4n) is 2.60. The second-order valence-corrected chi connectivity index (χ2v) is 5.52. The van der Waals surface area contributed by atoms with E-state index in [9.17, 15) is 4.79 Å². The number of primary amides is 1. The zero-order valence-corrected chi connectivity index (χ0v) is 12.7. The highest BCUT2D eigenvalue weighted by molar-refractivity contribution is 5.80. The minimum absolute atomic E-state index is 0.264. The lowest BCUT2D eigenvalue weighted by atomic mass is 10.1. The molecule has 0 aromatic carbocycles. The molecule has 0 spiro atoms. The second-order valence-electron chi connectivity index (χ2n) is 5.52. The Kier molecular flexibility index (Phi) is 4.09. The number of amides is 1. The molecule has 6 heteroatoms. The van der Waals surface area contributed by atoms with Crippen LogP contribution in [-0.2, 0) is 6.42 Å². The molecule has 0 saturated heterocycles. The van der Waals surface area contributed by atoms with Crippen LogP contribution in [0.15, 0.2) is 24.5 Å².